The van der Waals surface area contributed by atoms with Crippen LogP contribution in [0.25, 0.3) is 0 Å². The van der Waals surface area contributed by atoms with Crippen LogP contribution >= 0.6 is 11.6 Å². The van der Waals surface area contributed by atoms with Gasteiger partial charge in [-0.3, -0.25) is 0 Å². The van der Waals surface area contributed by atoms with Crippen molar-refractivity contribution in [3.8, 4) is 6.07 Å². The molecule has 0 spiro atoms. The zero-order chi connectivity index (χ0) is 12.4. The average Bonchev–Trinajstić information content (AvgIpc) is 2.27. The fraction of sp³-hybridized carbons (Fsp3) is 0.462. The van der Waals surface area contributed by atoms with Crippen molar-refractivity contribution in [2.75, 3.05) is 18.0 Å². The molecule has 1 aromatic rings. The summed E-state index contributed by atoms with van der Waals surface area (Å²) in [4.78, 5) is 2.30. The molecule has 4 heteroatoms. The van der Waals surface area contributed by atoms with Crippen LogP contribution in [0.1, 0.15) is 19.4 Å². The van der Waals surface area contributed by atoms with E-state index in [-0.39, 0.29) is 0 Å². The molecule has 0 bridgehead atoms. The highest BCUT2D eigenvalue weighted by atomic mass is 35.5. The van der Waals surface area contributed by atoms with Crippen LogP contribution in [0, 0.1) is 11.3 Å². The van der Waals surface area contributed by atoms with E-state index in [1.54, 1.807) is 6.07 Å². The fourth-order valence-corrected chi connectivity index (χ4v) is 2.55. The third-order valence-electron chi connectivity index (χ3n) is 3.00. The summed E-state index contributed by atoms with van der Waals surface area (Å²) in [6.45, 7) is 6.28. The van der Waals surface area contributed by atoms with E-state index in [2.05, 4.69) is 30.1 Å². The summed E-state index contributed by atoms with van der Waals surface area (Å²) in [7, 11) is 0. The Labute approximate surface area is 107 Å². The Hall–Kier alpha value is -1.24. The maximum atomic E-state index is 8.85. The zero-order valence-electron chi connectivity index (χ0n) is 10.1. The first kappa shape index (κ1) is 12.2. The molecular weight excluding hydrogens is 234 g/mol. The number of anilines is 1. The maximum Gasteiger partial charge on any atom is 0.101 e. The molecule has 0 saturated carbocycles. The summed E-state index contributed by atoms with van der Waals surface area (Å²) in [5.41, 5.74) is 1.63. The molecule has 1 heterocycles. The molecule has 2 rings (SSSR count). The van der Waals surface area contributed by atoms with E-state index < -0.39 is 0 Å². The lowest BCUT2D eigenvalue weighted by atomic mass is 10.1. The van der Waals surface area contributed by atoms with Crippen LogP contribution in [0.5, 0.6) is 0 Å². The first-order valence-corrected chi connectivity index (χ1v) is 6.18. The number of hydrogen-bond acceptors (Lipinski definition) is 3. The monoisotopic (exact) mass is 249 g/mol. The number of benzene rings is 1. The molecule has 1 N–H and O–H groups in total. The van der Waals surface area contributed by atoms with E-state index in [0.29, 0.717) is 22.7 Å². The van der Waals surface area contributed by atoms with Crippen molar-refractivity contribution in [2.24, 2.45) is 0 Å². The van der Waals surface area contributed by atoms with Gasteiger partial charge in [0.25, 0.3) is 0 Å². The molecule has 0 amide bonds. The Morgan fingerprint density at radius 2 is 2.00 bits per heavy atom. The topological polar surface area (TPSA) is 39.1 Å². The van der Waals surface area contributed by atoms with Crippen molar-refractivity contribution in [3.05, 3.63) is 28.8 Å². The lowest BCUT2D eigenvalue weighted by Crippen LogP contribution is -2.54. The number of rotatable bonds is 1. The van der Waals surface area contributed by atoms with Gasteiger partial charge in [-0.15, -0.1) is 0 Å². The minimum absolute atomic E-state index is 0.466. The number of halogens is 1. The van der Waals surface area contributed by atoms with Gasteiger partial charge in [0.2, 0.25) is 0 Å². The number of nitrogens with zero attached hydrogens (tertiary/aromatic N) is 2. The Morgan fingerprint density at radius 3 is 2.53 bits per heavy atom. The third kappa shape index (κ3) is 2.71. The molecule has 1 aliphatic heterocycles. The molecule has 2 unspecified atom stereocenters. The zero-order valence-corrected chi connectivity index (χ0v) is 10.8. The van der Waals surface area contributed by atoms with Crippen molar-refractivity contribution >= 4 is 17.3 Å². The third-order valence-corrected chi connectivity index (χ3v) is 3.31. The molecule has 90 valence electrons. The lowest BCUT2D eigenvalue weighted by molar-refractivity contribution is 0.407. The van der Waals surface area contributed by atoms with Crippen molar-refractivity contribution in [1.82, 2.24) is 5.32 Å². The molecule has 1 saturated heterocycles. The van der Waals surface area contributed by atoms with Gasteiger partial charge < -0.3 is 10.2 Å². The quantitative estimate of drug-likeness (QED) is 0.831. The van der Waals surface area contributed by atoms with E-state index in [9.17, 15) is 0 Å². The normalized spacial score (nSPS) is 24.5. The number of nitriles is 1. The Morgan fingerprint density at radius 1 is 1.35 bits per heavy atom. The molecule has 0 radical (unpaired) electrons. The molecule has 0 aliphatic carbocycles. The molecule has 1 fully saturated rings. The van der Waals surface area contributed by atoms with E-state index in [4.69, 9.17) is 16.9 Å². The highest BCUT2D eigenvalue weighted by Crippen LogP contribution is 2.24. The summed E-state index contributed by atoms with van der Waals surface area (Å²) < 4.78 is 0. The molecule has 1 aliphatic rings. The Bertz CT molecular complexity index is 442. The van der Waals surface area contributed by atoms with Gasteiger partial charge >= 0.3 is 0 Å². The first-order valence-electron chi connectivity index (χ1n) is 5.81. The second-order valence-corrected chi connectivity index (χ2v) is 5.06. The highest BCUT2D eigenvalue weighted by molar-refractivity contribution is 6.32. The van der Waals surface area contributed by atoms with Crippen LogP contribution in [-0.2, 0) is 0 Å². The fourth-order valence-electron chi connectivity index (χ4n) is 2.33. The minimum Gasteiger partial charge on any atom is -0.368 e. The van der Waals surface area contributed by atoms with Gasteiger partial charge in [-0.2, -0.15) is 5.26 Å². The van der Waals surface area contributed by atoms with Crippen molar-refractivity contribution in [1.29, 1.82) is 5.26 Å². The van der Waals surface area contributed by atoms with Gasteiger partial charge in [-0.05, 0) is 32.0 Å². The molecule has 3 nitrogen and oxygen atoms in total. The van der Waals surface area contributed by atoms with E-state index in [1.807, 2.05) is 12.1 Å². The number of hydrogen-bond donors (Lipinski definition) is 1. The summed E-state index contributed by atoms with van der Waals surface area (Å²) in [6, 6.07) is 8.65. The van der Waals surface area contributed by atoms with Crippen LogP contribution in [0.4, 0.5) is 5.69 Å². The summed E-state index contributed by atoms with van der Waals surface area (Å²) >= 11 is 6.06. The van der Waals surface area contributed by atoms with Crippen molar-refractivity contribution in [2.45, 2.75) is 25.9 Å². The summed E-state index contributed by atoms with van der Waals surface area (Å²) in [5.74, 6) is 0. The predicted octanol–water partition coefficient (Wildman–Crippen LogP) is 2.40. The first-order chi connectivity index (χ1) is 8.10. The number of nitrogens with one attached hydrogen (secondary N) is 1. The molecule has 17 heavy (non-hydrogen) atoms. The SMILES string of the molecule is CC1CN(c2ccc(C#N)c(Cl)c2)CC(C)N1. The van der Waals surface area contributed by atoms with Crippen LogP contribution < -0.4 is 10.2 Å². The van der Waals surface area contributed by atoms with Crippen molar-refractivity contribution < 1.29 is 0 Å². The van der Waals surface area contributed by atoms with E-state index in [0.717, 1.165) is 18.8 Å². The van der Waals surface area contributed by atoms with Crippen LogP contribution in [-0.4, -0.2) is 25.2 Å². The largest absolute Gasteiger partial charge is 0.368 e. The van der Waals surface area contributed by atoms with Crippen LogP contribution in [0.3, 0.4) is 0 Å². The van der Waals surface area contributed by atoms with Gasteiger partial charge in [-0.1, -0.05) is 11.6 Å². The van der Waals surface area contributed by atoms with Gasteiger partial charge in [0.15, 0.2) is 0 Å². The van der Waals surface area contributed by atoms with E-state index in [1.165, 1.54) is 0 Å². The Balaban J connectivity index is 2.22. The highest BCUT2D eigenvalue weighted by Gasteiger charge is 2.21. The molecule has 1 aromatic carbocycles. The standard InChI is InChI=1S/C13H16ClN3/c1-9-7-17(8-10(2)16-9)12-4-3-11(6-15)13(14)5-12/h3-5,9-10,16H,7-8H2,1-2H3. The lowest BCUT2D eigenvalue weighted by Gasteiger charge is -2.37. The second-order valence-electron chi connectivity index (χ2n) is 4.65. The molecular formula is C13H16ClN3. The van der Waals surface area contributed by atoms with Gasteiger partial charge in [-0.25, -0.2) is 0 Å². The second kappa shape index (κ2) is 4.95. The summed E-state index contributed by atoms with van der Waals surface area (Å²) in [6.07, 6.45) is 0. The predicted molar refractivity (Wildman–Crippen MR) is 70.4 cm³/mol. The Kier molecular flexibility index (Phi) is 3.56. The summed E-state index contributed by atoms with van der Waals surface area (Å²) in [5, 5.41) is 12.9. The van der Waals surface area contributed by atoms with Crippen LogP contribution in [0.15, 0.2) is 18.2 Å². The van der Waals surface area contributed by atoms with Crippen LogP contribution in [0.2, 0.25) is 5.02 Å². The van der Waals surface area contributed by atoms with Gasteiger partial charge in [0.05, 0.1) is 10.6 Å². The van der Waals surface area contributed by atoms with Gasteiger partial charge in [0, 0.05) is 30.9 Å². The number of piperazine rings is 1. The molecule has 2 atom stereocenters. The maximum absolute atomic E-state index is 8.85. The minimum atomic E-state index is 0.466. The van der Waals surface area contributed by atoms with Gasteiger partial charge in [0.1, 0.15) is 6.07 Å². The molecule has 0 aromatic heterocycles. The average molecular weight is 250 g/mol. The van der Waals surface area contributed by atoms with E-state index >= 15 is 0 Å². The smallest absolute Gasteiger partial charge is 0.101 e. The van der Waals surface area contributed by atoms with Crippen molar-refractivity contribution in [3.63, 3.8) is 0 Å².